The summed E-state index contributed by atoms with van der Waals surface area (Å²) in [6.45, 7) is 6.55. The van der Waals surface area contributed by atoms with Crippen molar-refractivity contribution in [3.05, 3.63) is 24.3 Å². The quantitative estimate of drug-likeness (QED) is 0.896. The van der Waals surface area contributed by atoms with Crippen molar-refractivity contribution in [3.8, 4) is 0 Å². The molecule has 1 aromatic rings. The van der Waals surface area contributed by atoms with Crippen molar-refractivity contribution in [1.82, 2.24) is 0 Å². The Morgan fingerprint density at radius 3 is 2.32 bits per heavy atom. The number of anilines is 2. The molecule has 1 aliphatic heterocycles. The van der Waals surface area contributed by atoms with E-state index < -0.39 is 6.04 Å². The van der Waals surface area contributed by atoms with Crippen LogP contribution in [0, 0.1) is 5.41 Å². The number of nitrogens with one attached hydrogen (secondary N) is 1. The molecule has 2 amide bonds. The van der Waals surface area contributed by atoms with Crippen LogP contribution in [0.1, 0.15) is 33.6 Å². The Kier molecular flexibility index (Phi) is 5.97. The number of amides is 2. The first-order valence-electron chi connectivity index (χ1n) is 7.26. The van der Waals surface area contributed by atoms with E-state index in [1.54, 1.807) is 17.0 Å². The molecule has 0 aliphatic carbocycles. The molecule has 1 aliphatic rings. The van der Waals surface area contributed by atoms with E-state index in [1.165, 1.54) is 0 Å². The Hall–Kier alpha value is -1.59. The maximum absolute atomic E-state index is 12.1. The lowest BCUT2D eigenvalue weighted by molar-refractivity contribution is -0.119. The van der Waals surface area contributed by atoms with Crippen LogP contribution in [0.15, 0.2) is 24.3 Å². The predicted octanol–water partition coefficient (Wildman–Crippen LogP) is 2.55. The third-order valence-corrected chi connectivity index (χ3v) is 3.74. The van der Waals surface area contributed by atoms with Gasteiger partial charge in [0.25, 0.3) is 0 Å². The summed E-state index contributed by atoms with van der Waals surface area (Å²) in [4.78, 5) is 25.5. The smallest absolute Gasteiger partial charge is 0.241 e. The van der Waals surface area contributed by atoms with Crippen molar-refractivity contribution < 1.29 is 9.59 Å². The summed E-state index contributed by atoms with van der Waals surface area (Å²) in [7, 11) is 0. The number of hydrogen-bond donors (Lipinski definition) is 2. The summed E-state index contributed by atoms with van der Waals surface area (Å²) in [5.74, 6) is -0.0472. The Morgan fingerprint density at radius 1 is 1.27 bits per heavy atom. The third-order valence-electron chi connectivity index (χ3n) is 3.74. The fraction of sp³-hybridized carbons (Fsp3) is 0.500. The number of hydrogen-bond acceptors (Lipinski definition) is 3. The number of halogens is 1. The molecule has 0 bridgehead atoms. The summed E-state index contributed by atoms with van der Waals surface area (Å²) in [6.07, 6.45) is 1.51. The molecule has 2 rings (SSSR count). The van der Waals surface area contributed by atoms with Gasteiger partial charge in [-0.15, -0.1) is 12.4 Å². The van der Waals surface area contributed by atoms with Gasteiger partial charge in [0.2, 0.25) is 11.8 Å². The number of benzene rings is 1. The molecule has 5 nitrogen and oxygen atoms in total. The van der Waals surface area contributed by atoms with Crippen LogP contribution in [0.2, 0.25) is 0 Å². The van der Waals surface area contributed by atoms with E-state index >= 15 is 0 Å². The Bertz CT molecular complexity index is 537. The second kappa shape index (κ2) is 7.11. The van der Waals surface area contributed by atoms with Crippen LogP contribution >= 0.6 is 12.4 Å². The van der Waals surface area contributed by atoms with Crippen molar-refractivity contribution >= 4 is 35.6 Å². The van der Waals surface area contributed by atoms with Crippen molar-refractivity contribution in [2.45, 2.75) is 39.7 Å². The average Bonchev–Trinajstić information content (AvgIpc) is 2.84. The molecule has 122 valence electrons. The second-order valence-electron chi connectivity index (χ2n) is 6.53. The fourth-order valence-electron chi connectivity index (χ4n) is 2.26. The topological polar surface area (TPSA) is 75.4 Å². The summed E-state index contributed by atoms with van der Waals surface area (Å²) >= 11 is 0. The molecule has 0 aromatic heterocycles. The second-order valence-corrected chi connectivity index (χ2v) is 6.53. The Morgan fingerprint density at radius 2 is 1.86 bits per heavy atom. The van der Waals surface area contributed by atoms with Gasteiger partial charge in [-0.05, 0) is 36.1 Å². The van der Waals surface area contributed by atoms with Gasteiger partial charge in [-0.1, -0.05) is 20.8 Å². The number of carbonyl (C=O) groups excluding carboxylic acids is 2. The SMILES string of the molecule is CC(C)(C)[C@H](N)C(=O)Nc1ccc(N2CCCC2=O)cc1.Cl. The number of rotatable bonds is 3. The molecule has 1 aromatic carbocycles. The molecule has 0 spiro atoms. The maximum Gasteiger partial charge on any atom is 0.241 e. The van der Waals surface area contributed by atoms with Gasteiger partial charge in [-0.25, -0.2) is 0 Å². The minimum atomic E-state index is -0.572. The van der Waals surface area contributed by atoms with Crippen molar-refractivity contribution in [1.29, 1.82) is 0 Å². The third kappa shape index (κ3) is 4.21. The van der Waals surface area contributed by atoms with E-state index in [0.717, 1.165) is 18.7 Å². The fourth-order valence-corrected chi connectivity index (χ4v) is 2.26. The van der Waals surface area contributed by atoms with E-state index in [1.807, 2.05) is 32.9 Å². The van der Waals surface area contributed by atoms with Crippen LogP contribution < -0.4 is 16.0 Å². The van der Waals surface area contributed by atoms with Crippen LogP contribution in [0.25, 0.3) is 0 Å². The molecule has 0 saturated carbocycles. The summed E-state index contributed by atoms with van der Waals surface area (Å²) in [5.41, 5.74) is 7.20. The first kappa shape index (κ1) is 18.5. The van der Waals surface area contributed by atoms with E-state index in [4.69, 9.17) is 5.73 Å². The zero-order valence-corrected chi connectivity index (χ0v) is 14.1. The maximum atomic E-state index is 12.1. The van der Waals surface area contributed by atoms with E-state index in [9.17, 15) is 9.59 Å². The van der Waals surface area contributed by atoms with Crippen LogP contribution in [0.3, 0.4) is 0 Å². The van der Waals surface area contributed by atoms with Gasteiger partial charge in [0.1, 0.15) is 0 Å². The Labute approximate surface area is 137 Å². The van der Waals surface area contributed by atoms with Gasteiger partial charge in [0.15, 0.2) is 0 Å². The number of carbonyl (C=O) groups is 2. The lowest BCUT2D eigenvalue weighted by Crippen LogP contribution is -2.45. The zero-order chi connectivity index (χ0) is 15.6. The van der Waals surface area contributed by atoms with Gasteiger partial charge < -0.3 is 16.0 Å². The minimum absolute atomic E-state index is 0. The highest BCUT2D eigenvalue weighted by molar-refractivity contribution is 5.97. The van der Waals surface area contributed by atoms with E-state index in [0.29, 0.717) is 12.1 Å². The molecule has 1 fully saturated rings. The molecular weight excluding hydrogens is 302 g/mol. The molecule has 0 radical (unpaired) electrons. The van der Waals surface area contributed by atoms with Crippen LogP contribution in [-0.4, -0.2) is 24.4 Å². The lowest BCUT2D eigenvalue weighted by atomic mass is 9.87. The highest BCUT2D eigenvalue weighted by atomic mass is 35.5. The molecule has 0 unspecified atom stereocenters. The largest absolute Gasteiger partial charge is 0.325 e. The lowest BCUT2D eigenvalue weighted by Gasteiger charge is -2.26. The summed E-state index contributed by atoms with van der Waals surface area (Å²) < 4.78 is 0. The molecule has 22 heavy (non-hydrogen) atoms. The van der Waals surface area contributed by atoms with Crippen molar-refractivity contribution in [2.24, 2.45) is 11.1 Å². The van der Waals surface area contributed by atoms with Crippen molar-refractivity contribution in [2.75, 3.05) is 16.8 Å². The molecule has 1 atom stereocenters. The first-order chi connectivity index (χ1) is 9.79. The standard InChI is InChI=1S/C16H23N3O2.ClH/c1-16(2,3)14(17)15(21)18-11-6-8-12(9-7-11)19-10-4-5-13(19)20;/h6-9,14H,4-5,10,17H2,1-3H3,(H,18,21);1H/t14-;/m1./s1. The first-order valence-corrected chi connectivity index (χ1v) is 7.26. The van der Waals surface area contributed by atoms with Gasteiger partial charge in [0, 0.05) is 24.3 Å². The summed E-state index contributed by atoms with van der Waals surface area (Å²) in [5, 5.41) is 2.81. The normalized spacial score (nSPS) is 16.2. The van der Waals surface area contributed by atoms with E-state index in [-0.39, 0.29) is 29.6 Å². The number of nitrogens with two attached hydrogens (primary N) is 1. The van der Waals surface area contributed by atoms with Gasteiger partial charge in [-0.2, -0.15) is 0 Å². The predicted molar refractivity (Wildman–Crippen MR) is 91.3 cm³/mol. The monoisotopic (exact) mass is 325 g/mol. The van der Waals surface area contributed by atoms with Crippen LogP contribution in [-0.2, 0) is 9.59 Å². The van der Waals surface area contributed by atoms with Crippen LogP contribution in [0.4, 0.5) is 11.4 Å². The van der Waals surface area contributed by atoms with Crippen molar-refractivity contribution in [3.63, 3.8) is 0 Å². The highest BCUT2D eigenvalue weighted by Crippen LogP contribution is 2.24. The molecule has 1 heterocycles. The van der Waals surface area contributed by atoms with Gasteiger partial charge >= 0.3 is 0 Å². The van der Waals surface area contributed by atoms with Crippen LogP contribution in [0.5, 0.6) is 0 Å². The average molecular weight is 326 g/mol. The highest BCUT2D eigenvalue weighted by Gasteiger charge is 2.27. The number of nitrogens with zero attached hydrogens (tertiary/aromatic N) is 1. The Balaban J connectivity index is 0.00000242. The minimum Gasteiger partial charge on any atom is -0.325 e. The van der Waals surface area contributed by atoms with E-state index in [2.05, 4.69) is 5.32 Å². The van der Waals surface area contributed by atoms with Gasteiger partial charge in [0.05, 0.1) is 6.04 Å². The zero-order valence-electron chi connectivity index (χ0n) is 13.3. The van der Waals surface area contributed by atoms with Gasteiger partial charge in [-0.3, -0.25) is 9.59 Å². The molecule has 1 saturated heterocycles. The molecule has 3 N–H and O–H groups in total. The molecular formula is C16H24ClN3O2. The molecule has 6 heteroatoms. The summed E-state index contributed by atoms with van der Waals surface area (Å²) in [6, 6.07) is 6.73.